The van der Waals surface area contributed by atoms with Gasteiger partial charge < -0.3 is 4.74 Å². The molecule has 0 aliphatic carbocycles. The van der Waals surface area contributed by atoms with Gasteiger partial charge in [0, 0.05) is 10.1 Å². The molecule has 0 saturated heterocycles. The minimum absolute atomic E-state index is 0.104. The second kappa shape index (κ2) is 5.19. The van der Waals surface area contributed by atoms with Gasteiger partial charge >= 0.3 is 0 Å². The van der Waals surface area contributed by atoms with Crippen LogP contribution in [-0.2, 0) is 0 Å². The average molecular weight is 245 g/mol. The highest BCUT2D eigenvalue weighted by molar-refractivity contribution is 6.31. The van der Waals surface area contributed by atoms with Crippen molar-refractivity contribution in [1.29, 1.82) is 0 Å². The van der Waals surface area contributed by atoms with Crippen LogP contribution in [0.1, 0.15) is 17.3 Å². The molecule has 2 nitrogen and oxygen atoms in total. The molecule has 4 heteroatoms. The van der Waals surface area contributed by atoms with E-state index < -0.39 is 0 Å². The zero-order valence-electron chi connectivity index (χ0n) is 8.22. The summed E-state index contributed by atoms with van der Waals surface area (Å²) in [5.74, 6) is 0.362. The van der Waals surface area contributed by atoms with Gasteiger partial charge in [-0.3, -0.25) is 4.79 Å². The number of benzene rings is 1. The fourth-order valence-electron chi connectivity index (χ4n) is 1.06. The number of ether oxygens (including phenoxy) is 1. The lowest BCUT2D eigenvalue weighted by Crippen LogP contribution is -2.02. The predicted molar refractivity (Wildman–Crippen MR) is 61.9 cm³/mol. The van der Waals surface area contributed by atoms with Gasteiger partial charge in [-0.05, 0) is 25.1 Å². The Hall–Kier alpha value is -0.990. The normalized spacial score (nSPS) is 9.80. The van der Waals surface area contributed by atoms with E-state index >= 15 is 0 Å². The standard InChI is InChI=1S/C11H10Cl2O2/c1-7(12)6-15-11-4-3-9(13)5-10(11)8(2)14/h3-5H,1,6H2,2H3. The Labute approximate surface area is 98.4 Å². The van der Waals surface area contributed by atoms with Gasteiger partial charge in [-0.2, -0.15) is 0 Å². The van der Waals surface area contributed by atoms with Crippen LogP contribution in [0.2, 0.25) is 5.02 Å². The number of rotatable bonds is 4. The van der Waals surface area contributed by atoms with Gasteiger partial charge in [0.15, 0.2) is 5.78 Å². The number of hydrogen-bond acceptors (Lipinski definition) is 2. The maximum Gasteiger partial charge on any atom is 0.163 e. The fraction of sp³-hybridized carbons (Fsp3) is 0.182. The monoisotopic (exact) mass is 244 g/mol. The molecule has 0 aliphatic rings. The molecule has 0 fully saturated rings. The minimum Gasteiger partial charge on any atom is -0.487 e. The van der Waals surface area contributed by atoms with Gasteiger partial charge in [0.25, 0.3) is 0 Å². The second-order valence-electron chi connectivity index (χ2n) is 3.00. The van der Waals surface area contributed by atoms with E-state index in [1.165, 1.54) is 6.92 Å². The number of hydrogen-bond donors (Lipinski definition) is 0. The Morgan fingerprint density at radius 2 is 2.20 bits per heavy atom. The number of halogens is 2. The molecule has 0 amide bonds. The van der Waals surface area contributed by atoms with Crippen LogP contribution in [0.4, 0.5) is 0 Å². The van der Waals surface area contributed by atoms with Crippen molar-refractivity contribution < 1.29 is 9.53 Å². The van der Waals surface area contributed by atoms with Crippen LogP contribution in [0.25, 0.3) is 0 Å². The van der Waals surface area contributed by atoms with Crippen molar-refractivity contribution in [3.63, 3.8) is 0 Å². The predicted octanol–water partition coefficient (Wildman–Crippen LogP) is 3.67. The van der Waals surface area contributed by atoms with Crippen LogP contribution < -0.4 is 4.74 Å². The molecule has 0 N–H and O–H groups in total. The Morgan fingerprint density at radius 1 is 1.53 bits per heavy atom. The van der Waals surface area contributed by atoms with Crippen molar-refractivity contribution in [2.45, 2.75) is 6.92 Å². The third-order valence-corrected chi connectivity index (χ3v) is 2.05. The minimum atomic E-state index is -0.104. The maximum atomic E-state index is 11.3. The van der Waals surface area contributed by atoms with Gasteiger partial charge in [0.2, 0.25) is 0 Å². The lowest BCUT2D eigenvalue weighted by molar-refractivity contribution is 0.101. The molecule has 0 aromatic heterocycles. The molecule has 0 heterocycles. The first-order valence-corrected chi connectivity index (χ1v) is 5.03. The van der Waals surface area contributed by atoms with Crippen molar-refractivity contribution in [2.24, 2.45) is 0 Å². The molecule has 80 valence electrons. The van der Waals surface area contributed by atoms with Gasteiger partial charge in [-0.15, -0.1) is 0 Å². The Bertz CT molecular complexity index is 400. The van der Waals surface area contributed by atoms with Crippen molar-refractivity contribution in [2.75, 3.05) is 6.61 Å². The summed E-state index contributed by atoms with van der Waals surface area (Å²) < 4.78 is 5.30. The Kier molecular flexibility index (Phi) is 4.18. The van der Waals surface area contributed by atoms with E-state index in [0.29, 0.717) is 21.4 Å². The third kappa shape index (κ3) is 3.57. The highest BCUT2D eigenvalue weighted by atomic mass is 35.5. The average Bonchev–Trinajstić information content (AvgIpc) is 2.15. The number of ketones is 1. The maximum absolute atomic E-state index is 11.3. The zero-order chi connectivity index (χ0) is 11.4. The molecule has 0 atom stereocenters. The summed E-state index contributed by atoms with van der Waals surface area (Å²) in [7, 11) is 0. The van der Waals surface area contributed by atoms with Gasteiger partial charge in [-0.25, -0.2) is 0 Å². The lowest BCUT2D eigenvalue weighted by Gasteiger charge is -2.09. The van der Waals surface area contributed by atoms with E-state index in [4.69, 9.17) is 27.9 Å². The van der Waals surface area contributed by atoms with Crippen molar-refractivity contribution >= 4 is 29.0 Å². The van der Waals surface area contributed by atoms with E-state index in [1.807, 2.05) is 0 Å². The number of carbonyl (C=O) groups is 1. The summed E-state index contributed by atoms with van der Waals surface area (Å²) >= 11 is 11.3. The highest BCUT2D eigenvalue weighted by Gasteiger charge is 2.09. The highest BCUT2D eigenvalue weighted by Crippen LogP contribution is 2.23. The quantitative estimate of drug-likeness (QED) is 0.756. The van der Waals surface area contributed by atoms with Gasteiger partial charge in [0.1, 0.15) is 12.4 Å². The summed E-state index contributed by atoms with van der Waals surface area (Å²) in [6.45, 7) is 5.11. The topological polar surface area (TPSA) is 26.3 Å². The fourth-order valence-corrected chi connectivity index (χ4v) is 1.29. The van der Waals surface area contributed by atoms with Crippen LogP contribution in [0.3, 0.4) is 0 Å². The molecule has 1 aromatic carbocycles. The van der Waals surface area contributed by atoms with Crippen LogP contribution >= 0.6 is 23.2 Å². The van der Waals surface area contributed by atoms with Crippen LogP contribution in [-0.4, -0.2) is 12.4 Å². The molecule has 0 bridgehead atoms. The summed E-state index contributed by atoms with van der Waals surface area (Å²) in [4.78, 5) is 11.3. The summed E-state index contributed by atoms with van der Waals surface area (Å²) in [6.07, 6.45) is 0. The van der Waals surface area contributed by atoms with Gasteiger partial charge in [-0.1, -0.05) is 29.8 Å². The Morgan fingerprint density at radius 3 is 2.73 bits per heavy atom. The van der Waals surface area contributed by atoms with Crippen LogP contribution in [0.15, 0.2) is 29.8 Å². The lowest BCUT2D eigenvalue weighted by atomic mass is 10.1. The molecule has 15 heavy (non-hydrogen) atoms. The molecule has 1 aromatic rings. The SMILES string of the molecule is C=C(Cl)COc1ccc(Cl)cc1C(C)=O. The third-order valence-electron chi connectivity index (χ3n) is 1.71. The van der Waals surface area contributed by atoms with Crippen molar-refractivity contribution in [1.82, 2.24) is 0 Å². The molecular formula is C11H10Cl2O2. The summed E-state index contributed by atoms with van der Waals surface area (Å²) in [6, 6.07) is 4.86. The smallest absolute Gasteiger partial charge is 0.163 e. The zero-order valence-corrected chi connectivity index (χ0v) is 9.73. The van der Waals surface area contributed by atoms with E-state index in [1.54, 1.807) is 18.2 Å². The molecule has 0 saturated carbocycles. The molecule has 0 aliphatic heterocycles. The first kappa shape index (κ1) is 12.1. The first-order chi connectivity index (χ1) is 7.00. The molecule has 0 spiro atoms. The summed E-state index contributed by atoms with van der Waals surface area (Å²) in [5, 5.41) is 0.872. The molecule has 0 unspecified atom stereocenters. The number of Topliss-reactive ketones (excluding diaryl/α,β-unsaturated/α-hetero) is 1. The second-order valence-corrected chi connectivity index (χ2v) is 3.97. The summed E-state index contributed by atoms with van der Waals surface area (Å²) in [5.41, 5.74) is 0.445. The first-order valence-electron chi connectivity index (χ1n) is 4.27. The van der Waals surface area contributed by atoms with Crippen LogP contribution in [0, 0.1) is 0 Å². The Balaban J connectivity index is 2.95. The van der Waals surface area contributed by atoms with Gasteiger partial charge in [0.05, 0.1) is 5.56 Å². The largest absolute Gasteiger partial charge is 0.487 e. The van der Waals surface area contributed by atoms with Crippen molar-refractivity contribution in [3.8, 4) is 5.75 Å². The van der Waals surface area contributed by atoms with Crippen LogP contribution in [0.5, 0.6) is 5.75 Å². The van der Waals surface area contributed by atoms with E-state index in [9.17, 15) is 4.79 Å². The molecule has 0 radical (unpaired) electrons. The van der Waals surface area contributed by atoms with Crippen molar-refractivity contribution in [3.05, 3.63) is 40.4 Å². The molecular weight excluding hydrogens is 235 g/mol. The van der Waals surface area contributed by atoms with E-state index in [0.717, 1.165) is 0 Å². The number of carbonyl (C=O) groups excluding carboxylic acids is 1. The molecule has 1 rings (SSSR count). The van der Waals surface area contributed by atoms with E-state index in [-0.39, 0.29) is 12.4 Å². The van der Waals surface area contributed by atoms with E-state index in [2.05, 4.69) is 6.58 Å².